The molecule has 0 amide bonds. The molecular weight excluding hydrogens is 200 g/mol. The molecular formula is C13H18N2O. The van der Waals surface area contributed by atoms with Gasteiger partial charge >= 0.3 is 0 Å². The van der Waals surface area contributed by atoms with E-state index in [4.69, 9.17) is 10.00 Å². The van der Waals surface area contributed by atoms with E-state index in [9.17, 15) is 0 Å². The molecule has 16 heavy (non-hydrogen) atoms. The van der Waals surface area contributed by atoms with Gasteiger partial charge in [0.1, 0.15) is 5.75 Å². The quantitative estimate of drug-likeness (QED) is 0.759. The largest absolute Gasteiger partial charge is 0.497 e. The molecule has 0 bridgehead atoms. The number of hydrogen-bond donors (Lipinski definition) is 0. The Morgan fingerprint density at radius 3 is 2.88 bits per heavy atom. The Morgan fingerprint density at radius 1 is 1.50 bits per heavy atom. The van der Waals surface area contributed by atoms with Crippen LogP contribution in [0.2, 0.25) is 0 Å². The second kappa shape index (κ2) is 6.14. The average molecular weight is 218 g/mol. The Bertz CT molecular complexity index is 370. The minimum absolute atomic E-state index is 0.0365. The third-order valence-corrected chi connectivity index (χ3v) is 2.74. The minimum Gasteiger partial charge on any atom is -0.497 e. The van der Waals surface area contributed by atoms with Crippen molar-refractivity contribution in [1.29, 1.82) is 5.26 Å². The topological polar surface area (TPSA) is 36.3 Å². The zero-order valence-corrected chi connectivity index (χ0v) is 10.1. The number of ether oxygens (including phenoxy) is 1. The maximum absolute atomic E-state index is 8.77. The van der Waals surface area contributed by atoms with E-state index in [2.05, 4.69) is 12.1 Å². The molecule has 0 aromatic heterocycles. The summed E-state index contributed by atoms with van der Waals surface area (Å²) in [5, 5.41) is 8.77. The molecule has 86 valence electrons. The molecule has 1 unspecified atom stereocenters. The van der Waals surface area contributed by atoms with Gasteiger partial charge in [-0.15, -0.1) is 0 Å². The summed E-state index contributed by atoms with van der Waals surface area (Å²) >= 11 is 0. The number of likely N-dealkylation sites (N-methyl/N-ethyl adjacent to an activating group) is 1. The molecule has 0 radical (unpaired) electrons. The summed E-state index contributed by atoms with van der Waals surface area (Å²) in [7, 11) is 3.64. The second-order valence-electron chi connectivity index (χ2n) is 3.89. The zero-order chi connectivity index (χ0) is 12.0. The van der Waals surface area contributed by atoms with Gasteiger partial charge in [0.2, 0.25) is 0 Å². The van der Waals surface area contributed by atoms with E-state index in [0.717, 1.165) is 18.7 Å². The molecule has 1 atom stereocenters. The Kier molecular flexibility index (Phi) is 4.81. The predicted molar refractivity (Wildman–Crippen MR) is 64.4 cm³/mol. The van der Waals surface area contributed by atoms with Crippen molar-refractivity contribution in [2.75, 3.05) is 20.7 Å². The molecule has 0 saturated carbocycles. The van der Waals surface area contributed by atoms with Crippen LogP contribution in [-0.2, 0) is 6.42 Å². The number of nitriles is 1. The van der Waals surface area contributed by atoms with Gasteiger partial charge in [-0.3, -0.25) is 4.90 Å². The van der Waals surface area contributed by atoms with Crippen LogP contribution in [0.4, 0.5) is 0 Å². The number of methoxy groups -OCH3 is 1. The lowest BCUT2D eigenvalue weighted by atomic mass is 10.1. The van der Waals surface area contributed by atoms with Gasteiger partial charge in [-0.25, -0.2) is 0 Å². The van der Waals surface area contributed by atoms with Crippen LogP contribution in [0.3, 0.4) is 0 Å². The highest BCUT2D eigenvalue weighted by Crippen LogP contribution is 2.13. The van der Waals surface area contributed by atoms with Gasteiger partial charge in [-0.1, -0.05) is 12.1 Å². The molecule has 1 rings (SSSR count). The highest BCUT2D eigenvalue weighted by atomic mass is 16.5. The van der Waals surface area contributed by atoms with Gasteiger partial charge in [0.25, 0.3) is 0 Å². The lowest BCUT2D eigenvalue weighted by molar-refractivity contribution is 0.306. The summed E-state index contributed by atoms with van der Waals surface area (Å²) in [5.41, 5.74) is 1.23. The molecule has 0 aliphatic rings. The van der Waals surface area contributed by atoms with Crippen molar-refractivity contribution in [2.24, 2.45) is 0 Å². The van der Waals surface area contributed by atoms with Crippen LogP contribution in [0.1, 0.15) is 12.5 Å². The number of nitrogens with zero attached hydrogens (tertiary/aromatic N) is 2. The highest BCUT2D eigenvalue weighted by molar-refractivity contribution is 5.28. The average Bonchev–Trinajstić information content (AvgIpc) is 2.35. The Labute approximate surface area is 97.3 Å². The van der Waals surface area contributed by atoms with Gasteiger partial charge < -0.3 is 4.74 Å². The summed E-state index contributed by atoms with van der Waals surface area (Å²) in [6.07, 6.45) is 0.930. The van der Waals surface area contributed by atoms with Crippen molar-refractivity contribution in [3.05, 3.63) is 29.8 Å². The maximum atomic E-state index is 8.77. The Morgan fingerprint density at radius 2 is 2.25 bits per heavy atom. The van der Waals surface area contributed by atoms with E-state index in [1.54, 1.807) is 7.11 Å². The van der Waals surface area contributed by atoms with Gasteiger partial charge in [0.15, 0.2) is 0 Å². The summed E-state index contributed by atoms with van der Waals surface area (Å²) < 4.78 is 5.16. The molecule has 0 N–H and O–H groups in total. The first-order valence-corrected chi connectivity index (χ1v) is 5.40. The normalized spacial score (nSPS) is 12.2. The smallest absolute Gasteiger partial charge is 0.119 e. The lowest BCUT2D eigenvalue weighted by Crippen LogP contribution is -2.29. The third-order valence-electron chi connectivity index (χ3n) is 2.74. The zero-order valence-electron chi connectivity index (χ0n) is 10.1. The second-order valence-corrected chi connectivity index (χ2v) is 3.89. The molecule has 0 heterocycles. The SMILES string of the molecule is COc1cccc(CCN(C)C(C)C#N)c1. The third kappa shape index (κ3) is 3.56. The van der Waals surface area contributed by atoms with Crippen molar-refractivity contribution < 1.29 is 4.74 Å². The van der Waals surface area contributed by atoms with Gasteiger partial charge in [-0.05, 0) is 38.1 Å². The lowest BCUT2D eigenvalue weighted by Gasteiger charge is -2.18. The van der Waals surface area contributed by atoms with E-state index in [-0.39, 0.29) is 6.04 Å². The molecule has 0 fully saturated rings. The molecule has 3 heteroatoms. The first-order chi connectivity index (χ1) is 7.67. The molecule has 1 aromatic carbocycles. The van der Waals surface area contributed by atoms with E-state index in [1.807, 2.05) is 37.1 Å². The molecule has 0 aliphatic heterocycles. The summed E-state index contributed by atoms with van der Waals surface area (Å²) in [6.45, 7) is 2.79. The molecule has 0 spiro atoms. The van der Waals surface area contributed by atoms with Crippen LogP contribution >= 0.6 is 0 Å². The number of rotatable bonds is 5. The fourth-order valence-corrected chi connectivity index (χ4v) is 1.43. The van der Waals surface area contributed by atoms with Crippen LogP contribution in [0.25, 0.3) is 0 Å². The monoisotopic (exact) mass is 218 g/mol. The van der Waals surface area contributed by atoms with Crippen molar-refractivity contribution >= 4 is 0 Å². The molecule has 1 aromatic rings. The van der Waals surface area contributed by atoms with E-state index in [1.165, 1.54) is 5.56 Å². The number of hydrogen-bond acceptors (Lipinski definition) is 3. The van der Waals surface area contributed by atoms with Crippen LogP contribution < -0.4 is 4.74 Å². The minimum atomic E-state index is -0.0365. The Hall–Kier alpha value is -1.53. The Balaban J connectivity index is 2.51. The molecule has 0 saturated heterocycles. The van der Waals surface area contributed by atoms with E-state index < -0.39 is 0 Å². The van der Waals surface area contributed by atoms with E-state index >= 15 is 0 Å². The van der Waals surface area contributed by atoms with Crippen molar-refractivity contribution in [3.8, 4) is 11.8 Å². The van der Waals surface area contributed by atoms with Gasteiger partial charge in [0, 0.05) is 6.54 Å². The van der Waals surface area contributed by atoms with Crippen LogP contribution in [0, 0.1) is 11.3 Å². The fraction of sp³-hybridized carbons (Fsp3) is 0.462. The fourth-order valence-electron chi connectivity index (χ4n) is 1.43. The first-order valence-electron chi connectivity index (χ1n) is 5.40. The molecule has 3 nitrogen and oxygen atoms in total. The molecule has 0 aliphatic carbocycles. The van der Waals surface area contributed by atoms with E-state index in [0.29, 0.717) is 0 Å². The predicted octanol–water partition coefficient (Wildman–Crippen LogP) is 2.08. The van der Waals surface area contributed by atoms with Crippen LogP contribution in [0.5, 0.6) is 5.75 Å². The van der Waals surface area contributed by atoms with Crippen molar-refractivity contribution in [1.82, 2.24) is 4.90 Å². The standard InChI is InChI=1S/C13H18N2O/c1-11(10-14)15(2)8-7-12-5-4-6-13(9-12)16-3/h4-6,9,11H,7-8H2,1-3H3. The summed E-state index contributed by atoms with van der Waals surface area (Å²) in [6, 6.07) is 10.2. The summed E-state index contributed by atoms with van der Waals surface area (Å²) in [5.74, 6) is 0.883. The summed E-state index contributed by atoms with van der Waals surface area (Å²) in [4.78, 5) is 2.04. The van der Waals surface area contributed by atoms with Gasteiger partial charge in [-0.2, -0.15) is 5.26 Å². The van der Waals surface area contributed by atoms with Crippen molar-refractivity contribution in [2.45, 2.75) is 19.4 Å². The number of benzene rings is 1. The van der Waals surface area contributed by atoms with Crippen molar-refractivity contribution in [3.63, 3.8) is 0 Å². The first kappa shape index (κ1) is 12.5. The maximum Gasteiger partial charge on any atom is 0.119 e. The van der Waals surface area contributed by atoms with Gasteiger partial charge in [0.05, 0.1) is 19.2 Å². The van der Waals surface area contributed by atoms with Crippen LogP contribution in [0.15, 0.2) is 24.3 Å². The van der Waals surface area contributed by atoms with Crippen LogP contribution in [-0.4, -0.2) is 31.6 Å². The highest BCUT2D eigenvalue weighted by Gasteiger charge is 2.07.